The number of thiophene rings is 1. The molecule has 0 saturated carbocycles. The first-order chi connectivity index (χ1) is 14.6. The maximum atomic E-state index is 13.7. The van der Waals surface area contributed by atoms with Crippen molar-refractivity contribution in [2.45, 2.75) is 0 Å². The summed E-state index contributed by atoms with van der Waals surface area (Å²) in [6, 6.07) is 20.3. The van der Waals surface area contributed by atoms with Gasteiger partial charge in [0.2, 0.25) is 0 Å². The Balaban J connectivity index is 1.53. The fourth-order valence-electron chi connectivity index (χ4n) is 2.79. The Morgan fingerprint density at radius 1 is 1.03 bits per heavy atom. The summed E-state index contributed by atoms with van der Waals surface area (Å²) in [5.74, 6) is -1.92. The van der Waals surface area contributed by atoms with Crippen LogP contribution < -0.4 is 5.32 Å². The molecule has 0 unspecified atom stereocenters. The molecule has 0 fully saturated rings. The summed E-state index contributed by atoms with van der Waals surface area (Å²) >= 11 is 1.50. The minimum absolute atomic E-state index is 0.0212. The molecule has 0 aliphatic carbocycles. The van der Waals surface area contributed by atoms with Gasteiger partial charge in [0.25, 0.3) is 5.91 Å². The van der Waals surface area contributed by atoms with E-state index in [4.69, 9.17) is 4.74 Å². The van der Waals surface area contributed by atoms with Gasteiger partial charge in [-0.3, -0.25) is 4.79 Å². The molecule has 150 valence electrons. The van der Waals surface area contributed by atoms with Gasteiger partial charge in [0.05, 0.1) is 16.3 Å². The Bertz CT molecular complexity index is 1170. The average molecular weight is 421 g/mol. The molecule has 1 amide bonds. The number of anilines is 1. The number of nitrogens with zero attached hydrogens (tertiary/aromatic N) is 2. The van der Waals surface area contributed by atoms with Crippen molar-refractivity contribution < 1.29 is 18.7 Å². The topological polar surface area (TPSA) is 73.2 Å². The summed E-state index contributed by atoms with van der Waals surface area (Å²) < 4.78 is 20.3. The number of para-hydroxylation sites is 2. The Morgan fingerprint density at radius 2 is 1.80 bits per heavy atom. The van der Waals surface area contributed by atoms with E-state index in [0.29, 0.717) is 11.4 Å². The molecule has 4 aromatic rings. The number of carbonyl (C=O) groups excluding carboxylic acids is 2. The van der Waals surface area contributed by atoms with Crippen LogP contribution in [0.1, 0.15) is 10.5 Å². The molecular weight excluding hydrogens is 405 g/mol. The summed E-state index contributed by atoms with van der Waals surface area (Å²) in [7, 11) is 0. The molecule has 30 heavy (non-hydrogen) atoms. The second kappa shape index (κ2) is 8.71. The molecule has 0 spiro atoms. The Kier molecular flexibility index (Phi) is 5.67. The van der Waals surface area contributed by atoms with Gasteiger partial charge in [-0.2, -0.15) is 5.10 Å². The lowest BCUT2D eigenvalue weighted by Gasteiger charge is -2.09. The highest BCUT2D eigenvalue weighted by Crippen LogP contribution is 2.26. The summed E-state index contributed by atoms with van der Waals surface area (Å²) in [5.41, 5.74) is 1.51. The lowest BCUT2D eigenvalue weighted by molar-refractivity contribution is -0.119. The van der Waals surface area contributed by atoms with Crippen LogP contribution in [0.2, 0.25) is 0 Å². The van der Waals surface area contributed by atoms with Crippen molar-refractivity contribution in [2.24, 2.45) is 0 Å². The predicted octanol–water partition coefficient (Wildman–Crippen LogP) is 4.54. The summed E-state index contributed by atoms with van der Waals surface area (Å²) in [4.78, 5) is 25.7. The lowest BCUT2D eigenvalue weighted by atomic mass is 10.3. The Labute approximate surface area is 175 Å². The van der Waals surface area contributed by atoms with Gasteiger partial charge >= 0.3 is 5.97 Å². The van der Waals surface area contributed by atoms with E-state index >= 15 is 0 Å². The first kappa shape index (κ1) is 19.5. The number of hydrogen-bond acceptors (Lipinski definition) is 5. The Hall–Kier alpha value is -3.78. The third-order valence-electron chi connectivity index (χ3n) is 4.18. The van der Waals surface area contributed by atoms with Gasteiger partial charge in [-0.1, -0.05) is 36.4 Å². The van der Waals surface area contributed by atoms with Crippen LogP contribution in [0.3, 0.4) is 0 Å². The van der Waals surface area contributed by atoms with Crippen molar-refractivity contribution >= 4 is 28.9 Å². The van der Waals surface area contributed by atoms with E-state index in [9.17, 15) is 14.0 Å². The number of rotatable bonds is 6. The van der Waals surface area contributed by atoms with Gasteiger partial charge in [0.15, 0.2) is 12.3 Å². The molecule has 2 heterocycles. The van der Waals surface area contributed by atoms with E-state index < -0.39 is 24.3 Å². The van der Waals surface area contributed by atoms with Crippen LogP contribution in [0.5, 0.6) is 0 Å². The first-order valence-corrected chi connectivity index (χ1v) is 9.90. The number of hydrogen-bond donors (Lipinski definition) is 1. The second-order valence-electron chi connectivity index (χ2n) is 6.24. The zero-order valence-electron chi connectivity index (χ0n) is 15.6. The van der Waals surface area contributed by atoms with E-state index in [2.05, 4.69) is 10.4 Å². The van der Waals surface area contributed by atoms with Crippen molar-refractivity contribution in [1.29, 1.82) is 0 Å². The molecule has 2 aromatic heterocycles. The van der Waals surface area contributed by atoms with Gasteiger partial charge in [-0.05, 0) is 35.7 Å². The summed E-state index contributed by atoms with van der Waals surface area (Å²) in [6.45, 7) is -0.554. The lowest BCUT2D eigenvalue weighted by Crippen LogP contribution is -2.22. The zero-order valence-corrected chi connectivity index (χ0v) is 16.4. The Morgan fingerprint density at radius 3 is 2.53 bits per heavy atom. The average Bonchev–Trinajstić information content (AvgIpc) is 3.44. The third kappa shape index (κ3) is 4.28. The number of aromatic nitrogens is 2. The molecule has 4 rings (SSSR count). The van der Waals surface area contributed by atoms with Crippen LogP contribution >= 0.6 is 11.3 Å². The summed E-state index contributed by atoms with van der Waals surface area (Å²) in [6.07, 6.45) is 0. The molecule has 0 radical (unpaired) electrons. The van der Waals surface area contributed by atoms with Crippen molar-refractivity contribution in [2.75, 3.05) is 11.9 Å². The van der Waals surface area contributed by atoms with Crippen molar-refractivity contribution in [1.82, 2.24) is 9.78 Å². The molecule has 2 aromatic carbocycles. The normalized spacial score (nSPS) is 10.6. The minimum Gasteiger partial charge on any atom is -0.451 e. The smallest absolute Gasteiger partial charge is 0.357 e. The van der Waals surface area contributed by atoms with Gasteiger partial charge < -0.3 is 10.1 Å². The number of nitrogens with one attached hydrogen (secondary N) is 1. The molecule has 0 saturated heterocycles. The van der Waals surface area contributed by atoms with Gasteiger partial charge in [0, 0.05) is 6.07 Å². The van der Waals surface area contributed by atoms with Crippen LogP contribution in [0.15, 0.2) is 78.2 Å². The van der Waals surface area contributed by atoms with Crippen molar-refractivity contribution in [3.05, 3.63) is 89.7 Å². The van der Waals surface area contributed by atoms with Gasteiger partial charge in [-0.15, -0.1) is 11.3 Å². The van der Waals surface area contributed by atoms with Crippen LogP contribution in [-0.4, -0.2) is 28.3 Å². The molecule has 0 atom stereocenters. The largest absolute Gasteiger partial charge is 0.451 e. The predicted molar refractivity (Wildman–Crippen MR) is 112 cm³/mol. The standard InChI is InChI=1S/C22H16FN3O3S/c23-16-9-4-5-10-17(16)24-21(27)14-29-22(28)19-13-18(20-11-6-12-30-20)25-26(19)15-7-2-1-3-8-15/h1-13H,14H2,(H,24,27). The van der Waals surface area contributed by atoms with E-state index in [1.54, 1.807) is 12.1 Å². The first-order valence-electron chi connectivity index (χ1n) is 9.02. The van der Waals surface area contributed by atoms with Crippen LogP contribution in [0.4, 0.5) is 10.1 Å². The zero-order chi connectivity index (χ0) is 20.9. The van der Waals surface area contributed by atoms with E-state index in [-0.39, 0.29) is 11.4 Å². The van der Waals surface area contributed by atoms with Crippen molar-refractivity contribution in [3.8, 4) is 16.3 Å². The second-order valence-corrected chi connectivity index (χ2v) is 7.19. The van der Waals surface area contributed by atoms with Crippen LogP contribution in [-0.2, 0) is 9.53 Å². The number of halogens is 1. The molecule has 1 N–H and O–H groups in total. The number of benzene rings is 2. The highest BCUT2D eigenvalue weighted by Gasteiger charge is 2.20. The number of amides is 1. The van der Waals surface area contributed by atoms with E-state index in [0.717, 1.165) is 4.88 Å². The van der Waals surface area contributed by atoms with Gasteiger partial charge in [-0.25, -0.2) is 13.9 Å². The number of ether oxygens (including phenoxy) is 1. The van der Waals surface area contributed by atoms with E-state index in [1.807, 2.05) is 47.8 Å². The van der Waals surface area contributed by atoms with Gasteiger partial charge in [0.1, 0.15) is 11.5 Å². The van der Waals surface area contributed by atoms with Crippen LogP contribution in [0.25, 0.3) is 16.3 Å². The van der Waals surface area contributed by atoms with Crippen molar-refractivity contribution in [3.63, 3.8) is 0 Å². The summed E-state index contributed by atoms with van der Waals surface area (Å²) in [5, 5.41) is 8.82. The molecule has 6 nitrogen and oxygen atoms in total. The molecule has 0 aliphatic rings. The monoisotopic (exact) mass is 421 g/mol. The minimum atomic E-state index is -0.710. The molecule has 0 aliphatic heterocycles. The highest BCUT2D eigenvalue weighted by molar-refractivity contribution is 7.13. The SMILES string of the molecule is O=C(COC(=O)c1cc(-c2cccs2)nn1-c1ccccc1)Nc1ccccc1F. The third-order valence-corrected chi connectivity index (χ3v) is 5.07. The number of esters is 1. The maximum Gasteiger partial charge on any atom is 0.357 e. The molecule has 0 bridgehead atoms. The quantitative estimate of drug-likeness (QED) is 0.464. The highest BCUT2D eigenvalue weighted by atomic mass is 32.1. The maximum absolute atomic E-state index is 13.7. The fraction of sp³-hybridized carbons (Fsp3) is 0.0455. The molecule has 8 heteroatoms. The van der Waals surface area contributed by atoms with E-state index in [1.165, 1.54) is 34.2 Å². The van der Waals surface area contributed by atoms with Crippen LogP contribution in [0, 0.1) is 5.82 Å². The number of carbonyl (C=O) groups is 2. The fourth-order valence-corrected chi connectivity index (χ4v) is 3.47. The molecular formula is C22H16FN3O3S.